The Hall–Kier alpha value is -1.10. The highest BCUT2D eigenvalue weighted by Gasteiger charge is 2.12. The normalized spacial score (nSPS) is 16.2. The first kappa shape index (κ1) is 14.0. The number of ether oxygens (including phenoxy) is 3. The minimum Gasteiger partial charge on any atom is -0.465 e. The van der Waals surface area contributed by atoms with Crippen molar-refractivity contribution in [2.45, 2.75) is 46.0 Å². The summed E-state index contributed by atoms with van der Waals surface area (Å²) >= 11 is 0. The Morgan fingerprint density at radius 1 is 1.06 bits per heavy atom. The summed E-state index contributed by atoms with van der Waals surface area (Å²) in [5.74, 6) is 0.770. The third kappa shape index (κ3) is 5.68. The molecule has 0 saturated heterocycles. The minimum absolute atomic E-state index is 0.297. The van der Waals surface area contributed by atoms with Crippen molar-refractivity contribution in [3.05, 3.63) is 30.3 Å². The lowest BCUT2D eigenvalue weighted by molar-refractivity contribution is -0.220. The van der Waals surface area contributed by atoms with Crippen LogP contribution in [0.4, 0.5) is 0 Å². The highest BCUT2D eigenvalue weighted by molar-refractivity contribution is 5.20. The van der Waals surface area contributed by atoms with Gasteiger partial charge in [0.2, 0.25) is 0 Å². The number of hydrogen-bond acceptors (Lipinski definition) is 4. The second-order valence-corrected chi connectivity index (χ2v) is 3.79. The van der Waals surface area contributed by atoms with Gasteiger partial charge in [-0.3, -0.25) is 0 Å². The molecule has 0 saturated carbocycles. The predicted octanol–water partition coefficient (Wildman–Crippen LogP) is 2.49. The van der Waals surface area contributed by atoms with E-state index < -0.39 is 0 Å². The van der Waals surface area contributed by atoms with Crippen molar-refractivity contribution in [2.24, 2.45) is 5.73 Å². The Kier molecular flexibility index (Phi) is 5.97. The molecule has 0 aliphatic rings. The zero-order chi connectivity index (χ0) is 12.7. The number of benzene rings is 1. The quantitative estimate of drug-likeness (QED) is 0.743. The number of para-hydroxylation sites is 1. The third-order valence-corrected chi connectivity index (χ3v) is 2.20. The lowest BCUT2D eigenvalue weighted by Gasteiger charge is -2.22. The molecule has 0 fully saturated rings. The molecule has 1 rings (SSSR count). The Bertz CT molecular complexity index is 305. The van der Waals surface area contributed by atoms with E-state index in [2.05, 4.69) is 0 Å². The molecule has 4 heteroatoms. The van der Waals surface area contributed by atoms with Crippen LogP contribution >= 0.6 is 0 Å². The second kappa shape index (κ2) is 7.27. The zero-order valence-electron chi connectivity index (χ0n) is 10.6. The van der Waals surface area contributed by atoms with Gasteiger partial charge in [-0.15, -0.1) is 0 Å². The van der Waals surface area contributed by atoms with Gasteiger partial charge in [-0.2, -0.15) is 0 Å². The van der Waals surface area contributed by atoms with Crippen molar-refractivity contribution >= 4 is 0 Å². The molecule has 3 unspecified atom stereocenters. The Morgan fingerprint density at radius 3 is 2.29 bits per heavy atom. The number of nitrogens with two attached hydrogens (primary N) is 1. The van der Waals surface area contributed by atoms with Gasteiger partial charge in [0.25, 0.3) is 0 Å². The van der Waals surface area contributed by atoms with Crippen molar-refractivity contribution in [3.8, 4) is 5.75 Å². The van der Waals surface area contributed by atoms with Crippen LogP contribution in [0.15, 0.2) is 30.3 Å². The molecular formula is C13H21NO3. The zero-order valence-corrected chi connectivity index (χ0v) is 10.6. The molecule has 0 aliphatic carbocycles. The molecule has 0 spiro atoms. The van der Waals surface area contributed by atoms with E-state index >= 15 is 0 Å². The van der Waals surface area contributed by atoms with E-state index in [0.717, 1.165) is 12.2 Å². The summed E-state index contributed by atoms with van der Waals surface area (Å²) in [7, 11) is 0. The van der Waals surface area contributed by atoms with Gasteiger partial charge >= 0.3 is 0 Å². The summed E-state index contributed by atoms with van der Waals surface area (Å²) in [5, 5.41) is 0. The van der Waals surface area contributed by atoms with Gasteiger partial charge in [-0.05, 0) is 32.4 Å². The molecule has 4 nitrogen and oxygen atoms in total. The molecule has 0 aromatic heterocycles. The van der Waals surface area contributed by atoms with Crippen LogP contribution in [0.5, 0.6) is 5.75 Å². The predicted molar refractivity (Wildman–Crippen MR) is 66.4 cm³/mol. The van der Waals surface area contributed by atoms with Crippen molar-refractivity contribution in [3.63, 3.8) is 0 Å². The lowest BCUT2D eigenvalue weighted by atomic mass is 10.3. The van der Waals surface area contributed by atoms with Crippen molar-refractivity contribution in [1.29, 1.82) is 0 Å². The van der Waals surface area contributed by atoms with Gasteiger partial charge in [0, 0.05) is 0 Å². The highest BCUT2D eigenvalue weighted by atomic mass is 16.8. The van der Waals surface area contributed by atoms with Crippen LogP contribution in [0.3, 0.4) is 0 Å². The van der Waals surface area contributed by atoms with E-state index in [1.165, 1.54) is 0 Å². The summed E-state index contributed by atoms with van der Waals surface area (Å²) in [6.45, 7) is 5.59. The molecule has 0 amide bonds. The molecule has 3 atom stereocenters. The molecule has 0 aliphatic heterocycles. The summed E-state index contributed by atoms with van der Waals surface area (Å²) in [6.07, 6.45) is -0.309. The van der Waals surface area contributed by atoms with Crippen LogP contribution in [0.2, 0.25) is 0 Å². The maximum absolute atomic E-state index is 5.66. The van der Waals surface area contributed by atoms with Crippen LogP contribution in [0.25, 0.3) is 0 Å². The maximum atomic E-state index is 5.66. The fourth-order valence-corrected chi connectivity index (χ4v) is 1.36. The van der Waals surface area contributed by atoms with E-state index in [9.17, 15) is 0 Å². The van der Waals surface area contributed by atoms with E-state index in [0.29, 0.717) is 0 Å². The van der Waals surface area contributed by atoms with Gasteiger partial charge in [0.05, 0.1) is 0 Å². The van der Waals surface area contributed by atoms with Crippen LogP contribution in [0.1, 0.15) is 27.2 Å². The summed E-state index contributed by atoms with van der Waals surface area (Å²) in [4.78, 5) is 0. The van der Waals surface area contributed by atoms with Gasteiger partial charge in [-0.1, -0.05) is 25.1 Å². The first-order valence-electron chi connectivity index (χ1n) is 5.90. The SMILES string of the molecule is CCC(N)OC(C)OC(C)Oc1ccccc1. The van der Waals surface area contributed by atoms with E-state index in [4.69, 9.17) is 19.9 Å². The van der Waals surface area contributed by atoms with Crippen molar-refractivity contribution < 1.29 is 14.2 Å². The molecular weight excluding hydrogens is 218 g/mol. The summed E-state index contributed by atoms with van der Waals surface area (Å²) in [6, 6.07) is 9.51. The highest BCUT2D eigenvalue weighted by Crippen LogP contribution is 2.12. The molecule has 0 radical (unpaired) electrons. The molecule has 1 aromatic rings. The molecule has 17 heavy (non-hydrogen) atoms. The van der Waals surface area contributed by atoms with Crippen molar-refractivity contribution in [2.75, 3.05) is 0 Å². The molecule has 1 aromatic carbocycles. The Morgan fingerprint density at radius 2 is 1.71 bits per heavy atom. The topological polar surface area (TPSA) is 53.7 Å². The van der Waals surface area contributed by atoms with Crippen LogP contribution in [-0.4, -0.2) is 18.8 Å². The number of hydrogen-bond donors (Lipinski definition) is 1. The van der Waals surface area contributed by atoms with E-state index in [-0.39, 0.29) is 18.8 Å². The smallest absolute Gasteiger partial charge is 0.199 e. The largest absolute Gasteiger partial charge is 0.465 e. The molecule has 2 N–H and O–H groups in total. The molecule has 0 bridgehead atoms. The molecule has 0 heterocycles. The average molecular weight is 239 g/mol. The second-order valence-electron chi connectivity index (χ2n) is 3.79. The van der Waals surface area contributed by atoms with Gasteiger partial charge in [0.15, 0.2) is 12.6 Å². The first-order chi connectivity index (χ1) is 8.11. The third-order valence-electron chi connectivity index (χ3n) is 2.20. The average Bonchev–Trinajstić information content (AvgIpc) is 2.29. The number of rotatable bonds is 7. The maximum Gasteiger partial charge on any atom is 0.199 e. The van der Waals surface area contributed by atoms with Crippen LogP contribution in [-0.2, 0) is 9.47 Å². The fourth-order valence-electron chi connectivity index (χ4n) is 1.36. The fraction of sp³-hybridized carbons (Fsp3) is 0.538. The van der Waals surface area contributed by atoms with Gasteiger partial charge in [0.1, 0.15) is 12.0 Å². The van der Waals surface area contributed by atoms with E-state index in [1.54, 1.807) is 6.92 Å². The van der Waals surface area contributed by atoms with Gasteiger partial charge in [-0.25, -0.2) is 0 Å². The van der Waals surface area contributed by atoms with E-state index in [1.807, 2.05) is 44.2 Å². The monoisotopic (exact) mass is 239 g/mol. The lowest BCUT2D eigenvalue weighted by Crippen LogP contribution is -2.32. The first-order valence-corrected chi connectivity index (χ1v) is 5.90. The van der Waals surface area contributed by atoms with Crippen LogP contribution in [0, 0.1) is 0 Å². The molecule has 96 valence electrons. The van der Waals surface area contributed by atoms with Gasteiger partial charge < -0.3 is 19.9 Å². The Balaban J connectivity index is 2.31. The summed E-state index contributed by atoms with van der Waals surface area (Å²) < 4.78 is 16.4. The van der Waals surface area contributed by atoms with Crippen molar-refractivity contribution in [1.82, 2.24) is 0 Å². The Labute approximate surface area is 103 Å². The summed E-state index contributed by atoms with van der Waals surface area (Å²) in [5.41, 5.74) is 5.66. The van der Waals surface area contributed by atoms with Crippen LogP contribution < -0.4 is 10.5 Å². The standard InChI is InChI=1S/C13H21NO3/c1-4-13(14)17-11(3)15-10(2)16-12-8-6-5-7-9-12/h5-11,13H,4,14H2,1-3H3. The minimum atomic E-state index is -0.385.